The number of amides is 1. The molecule has 0 fully saturated rings. The summed E-state index contributed by atoms with van der Waals surface area (Å²) in [6, 6.07) is 6.27. The van der Waals surface area contributed by atoms with Crippen molar-refractivity contribution in [3.05, 3.63) is 42.7 Å². The second-order valence-electron chi connectivity index (χ2n) is 3.51. The Morgan fingerprint density at radius 3 is 2.82 bits per heavy atom. The summed E-state index contributed by atoms with van der Waals surface area (Å²) in [4.78, 5) is 13.3. The average Bonchev–Trinajstić information content (AvgIpc) is 2.33. The van der Waals surface area contributed by atoms with Gasteiger partial charge in [-0.3, -0.25) is 4.79 Å². The molecule has 0 aliphatic carbocycles. The Labute approximate surface area is 101 Å². The van der Waals surface area contributed by atoms with Gasteiger partial charge in [-0.15, -0.1) is 6.58 Å². The Hall–Kier alpha value is -1.68. The summed E-state index contributed by atoms with van der Waals surface area (Å²) in [7, 11) is 0. The summed E-state index contributed by atoms with van der Waals surface area (Å²) >= 11 is 0. The molecular weight excluding hydrogens is 219 g/mol. The first-order valence-electron chi connectivity index (χ1n) is 5.57. The van der Waals surface area contributed by atoms with Gasteiger partial charge >= 0.3 is 0 Å². The van der Waals surface area contributed by atoms with Crippen molar-refractivity contribution >= 4 is 11.6 Å². The van der Waals surface area contributed by atoms with Crippen LogP contribution in [-0.4, -0.2) is 25.5 Å². The lowest BCUT2D eigenvalue weighted by atomic mass is 10.2. The van der Waals surface area contributed by atoms with Crippen LogP contribution >= 0.6 is 0 Å². The van der Waals surface area contributed by atoms with E-state index in [0.717, 1.165) is 0 Å². The smallest absolute Gasteiger partial charge is 0.241 e. The van der Waals surface area contributed by atoms with Crippen LogP contribution in [0.1, 0.15) is 6.92 Å². The lowest BCUT2D eigenvalue weighted by Crippen LogP contribution is -2.38. The maximum atomic E-state index is 13.5. The SMILES string of the molecule is C=CCNCC(=O)N(CC)c1ccccc1F. The number of carbonyl (C=O) groups excluding carboxylic acids is 1. The number of anilines is 1. The maximum Gasteiger partial charge on any atom is 0.241 e. The molecule has 0 spiro atoms. The Bertz CT molecular complexity index is 393. The van der Waals surface area contributed by atoms with E-state index in [-0.39, 0.29) is 18.3 Å². The molecule has 0 saturated heterocycles. The summed E-state index contributed by atoms with van der Waals surface area (Å²) in [6.45, 7) is 6.54. The van der Waals surface area contributed by atoms with Crippen molar-refractivity contribution in [1.29, 1.82) is 0 Å². The number of likely N-dealkylation sites (N-methyl/N-ethyl adjacent to an activating group) is 1. The lowest BCUT2D eigenvalue weighted by molar-refractivity contribution is -0.117. The van der Waals surface area contributed by atoms with E-state index >= 15 is 0 Å². The molecule has 92 valence electrons. The van der Waals surface area contributed by atoms with Crippen LogP contribution in [0.4, 0.5) is 10.1 Å². The van der Waals surface area contributed by atoms with Crippen molar-refractivity contribution in [3.63, 3.8) is 0 Å². The third-order valence-corrected chi connectivity index (χ3v) is 2.33. The standard InChI is InChI=1S/C13H17FN2O/c1-3-9-15-10-13(17)16(4-2)12-8-6-5-7-11(12)14/h3,5-8,15H,1,4,9-10H2,2H3. The van der Waals surface area contributed by atoms with Crippen molar-refractivity contribution in [2.75, 3.05) is 24.5 Å². The summed E-state index contributed by atoms with van der Waals surface area (Å²) in [6.07, 6.45) is 1.67. The molecule has 0 aliphatic rings. The summed E-state index contributed by atoms with van der Waals surface area (Å²) < 4.78 is 13.5. The number of rotatable bonds is 6. The van der Waals surface area contributed by atoms with E-state index in [1.54, 1.807) is 24.3 Å². The second kappa shape index (κ2) is 6.81. The van der Waals surface area contributed by atoms with Crippen LogP contribution in [0, 0.1) is 5.82 Å². The Balaban J connectivity index is 2.74. The van der Waals surface area contributed by atoms with Crippen molar-refractivity contribution in [2.24, 2.45) is 0 Å². The molecule has 3 nitrogen and oxygen atoms in total. The first kappa shape index (κ1) is 13.4. The maximum absolute atomic E-state index is 13.5. The second-order valence-corrected chi connectivity index (χ2v) is 3.51. The number of para-hydroxylation sites is 1. The lowest BCUT2D eigenvalue weighted by Gasteiger charge is -2.21. The quantitative estimate of drug-likeness (QED) is 0.605. The largest absolute Gasteiger partial charge is 0.309 e. The molecule has 1 aromatic carbocycles. The van der Waals surface area contributed by atoms with Crippen LogP contribution in [-0.2, 0) is 4.79 Å². The van der Waals surface area contributed by atoms with Crippen molar-refractivity contribution in [1.82, 2.24) is 5.32 Å². The van der Waals surface area contributed by atoms with Gasteiger partial charge in [0.15, 0.2) is 0 Å². The van der Waals surface area contributed by atoms with Gasteiger partial charge in [-0.1, -0.05) is 18.2 Å². The van der Waals surface area contributed by atoms with Crippen molar-refractivity contribution in [2.45, 2.75) is 6.92 Å². The average molecular weight is 236 g/mol. The van der Waals surface area contributed by atoms with Gasteiger partial charge < -0.3 is 10.2 Å². The molecule has 0 heterocycles. The van der Waals surface area contributed by atoms with Gasteiger partial charge in [0.2, 0.25) is 5.91 Å². The first-order valence-corrected chi connectivity index (χ1v) is 5.57. The Kier molecular flexibility index (Phi) is 5.36. The van der Waals surface area contributed by atoms with Crippen LogP contribution in [0.15, 0.2) is 36.9 Å². The van der Waals surface area contributed by atoms with Crippen LogP contribution < -0.4 is 10.2 Å². The molecule has 0 unspecified atom stereocenters. The molecule has 0 bridgehead atoms. The minimum Gasteiger partial charge on any atom is -0.309 e. The minimum absolute atomic E-state index is 0.153. The molecule has 0 atom stereocenters. The van der Waals surface area contributed by atoms with Gasteiger partial charge in [-0.2, -0.15) is 0 Å². The zero-order valence-corrected chi connectivity index (χ0v) is 9.95. The zero-order chi connectivity index (χ0) is 12.7. The first-order chi connectivity index (χ1) is 8.20. The van der Waals surface area contributed by atoms with Gasteiger partial charge in [0.05, 0.1) is 12.2 Å². The van der Waals surface area contributed by atoms with Crippen LogP contribution in [0.3, 0.4) is 0 Å². The van der Waals surface area contributed by atoms with Crippen LogP contribution in [0.2, 0.25) is 0 Å². The number of nitrogens with zero attached hydrogens (tertiary/aromatic N) is 1. The zero-order valence-electron chi connectivity index (χ0n) is 9.95. The molecule has 17 heavy (non-hydrogen) atoms. The van der Waals surface area contributed by atoms with E-state index < -0.39 is 0 Å². The van der Waals surface area contributed by atoms with Gasteiger partial charge in [0.1, 0.15) is 5.82 Å². The van der Waals surface area contributed by atoms with E-state index in [9.17, 15) is 9.18 Å². The molecule has 0 aromatic heterocycles. The number of hydrogen-bond acceptors (Lipinski definition) is 2. The molecule has 1 N–H and O–H groups in total. The Morgan fingerprint density at radius 1 is 1.53 bits per heavy atom. The van der Waals surface area contributed by atoms with Gasteiger partial charge in [-0.25, -0.2) is 4.39 Å². The molecule has 4 heteroatoms. The van der Waals surface area contributed by atoms with Crippen LogP contribution in [0.5, 0.6) is 0 Å². The van der Waals surface area contributed by atoms with E-state index in [0.29, 0.717) is 18.8 Å². The molecule has 1 rings (SSSR count). The number of carbonyl (C=O) groups is 1. The van der Waals surface area contributed by atoms with Gasteiger partial charge in [0, 0.05) is 13.1 Å². The third kappa shape index (κ3) is 3.67. The fraction of sp³-hybridized carbons (Fsp3) is 0.308. The van der Waals surface area contributed by atoms with E-state index in [1.165, 1.54) is 11.0 Å². The summed E-state index contributed by atoms with van der Waals surface area (Å²) in [5, 5.41) is 2.91. The van der Waals surface area contributed by atoms with Crippen LogP contribution in [0.25, 0.3) is 0 Å². The monoisotopic (exact) mass is 236 g/mol. The summed E-state index contributed by atoms with van der Waals surface area (Å²) in [5.74, 6) is -0.536. The number of halogens is 1. The van der Waals surface area contributed by atoms with E-state index in [1.807, 2.05) is 6.92 Å². The van der Waals surface area contributed by atoms with Crippen molar-refractivity contribution < 1.29 is 9.18 Å². The fourth-order valence-electron chi connectivity index (χ4n) is 1.53. The minimum atomic E-state index is -0.383. The molecule has 0 aliphatic heterocycles. The molecule has 0 saturated carbocycles. The normalized spacial score (nSPS) is 10.0. The van der Waals surface area contributed by atoms with E-state index in [2.05, 4.69) is 11.9 Å². The highest BCUT2D eigenvalue weighted by atomic mass is 19.1. The number of hydrogen-bond donors (Lipinski definition) is 1. The highest BCUT2D eigenvalue weighted by Crippen LogP contribution is 2.18. The number of benzene rings is 1. The number of nitrogens with one attached hydrogen (secondary N) is 1. The summed E-state index contributed by atoms with van der Waals surface area (Å²) in [5.41, 5.74) is 0.320. The topological polar surface area (TPSA) is 32.3 Å². The fourth-order valence-corrected chi connectivity index (χ4v) is 1.53. The predicted molar refractivity (Wildman–Crippen MR) is 67.5 cm³/mol. The molecule has 0 radical (unpaired) electrons. The molecular formula is C13H17FN2O. The highest BCUT2D eigenvalue weighted by Gasteiger charge is 2.16. The van der Waals surface area contributed by atoms with Gasteiger partial charge in [-0.05, 0) is 19.1 Å². The predicted octanol–water partition coefficient (Wildman–Crippen LogP) is 1.95. The highest BCUT2D eigenvalue weighted by molar-refractivity contribution is 5.94. The third-order valence-electron chi connectivity index (χ3n) is 2.33. The Morgan fingerprint density at radius 2 is 2.24 bits per heavy atom. The van der Waals surface area contributed by atoms with Crippen molar-refractivity contribution in [3.8, 4) is 0 Å². The molecule has 1 aromatic rings. The van der Waals surface area contributed by atoms with Gasteiger partial charge in [0.25, 0.3) is 0 Å². The molecule has 1 amide bonds. The van der Waals surface area contributed by atoms with E-state index in [4.69, 9.17) is 0 Å².